The third-order valence-corrected chi connectivity index (χ3v) is 7.03. The van der Waals surface area contributed by atoms with Gasteiger partial charge in [0.15, 0.2) is 0 Å². The maximum atomic E-state index is 12.5. The van der Waals surface area contributed by atoms with E-state index in [1.54, 1.807) is 12.1 Å². The van der Waals surface area contributed by atoms with Crippen LogP contribution in [0.15, 0.2) is 48.5 Å². The van der Waals surface area contributed by atoms with E-state index in [1.165, 1.54) is 17.0 Å². The molecule has 1 N–H and O–H groups in total. The van der Waals surface area contributed by atoms with Gasteiger partial charge in [-0.25, -0.2) is 8.42 Å². The van der Waals surface area contributed by atoms with E-state index in [-0.39, 0.29) is 12.5 Å². The zero-order chi connectivity index (χ0) is 23.7. The van der Waals surface area contributed by atoms with Gasteiger partial charge in [-0.2, -0.15) is 0 Å². The number of carbonyl (C=O) groups is 1. The van der Waals surface area contributed by atoms with Crippen LogP contribution < -0.4 is 9.62 Å². The summed E-state index contributed by atoms with van der Waals surface area (Å²) in [6, 6.07) is 14.8. The highest BCUT2D eigenvalue weighted by atomic mass is 32.2. The van der Waals surface area contributed by atoms with Gasteiger partial charge in [0, 0.05) is 12.1 Å². The van der Waals surface area contributed by atoms with Crippen LogP contribution in [0.4, 0.5) is 5.69 Å². The monoisotopic (exact) mass is 458 g/mol. The normalized spacial score (nSPS) is 12.6. The van der Waals surface area contributed by atoms with Crippen LogP contribution in [0.1, 0.15) is 80.8 Å². The van der Waals surface area contributed by atoms with Crippen LogP contribution in [0.2, 0.25) is 0 Å². The Labute approximate surface area is 194 Å². The Kier molecular flexibility index (Phi) is 9.76. The molecule has 0 bridgehead atoms. The molecular formula is C26H38N2O3S. The first kappa shape index (κ1) is 25.9. The summed E-state index contributed by atoms with van der Waals surface area (Å²) in [7, 11) is -3.45. The lowest BCUT2D eigenvalue weighted by Crippen LogP contribution is -2.30. The fraction of sp³-hybridized carbons (Fsp3) is 0.500. The molecule has 0 fully saturated rings. The highest BCUT2D eigenvalue weighted by Gasteiger charge is 2.18. The van der Waals surface area contributed by atoms with Crippen molar-refractivity contribution in [3.8, 4) is 0 Å². The quantitative estimate of drug-likeness (QED) is 0.442. The maximum Gasteiger partial charge on any atom is 0.251 e. The summed E-state index contributed by atoms with van der Waals surface area (Å²) in [5.41, 5.74) is 3.22. The Morgan fingerprint density at radius 1 is 1.00 bits per heavy atom. The molecule has 1 atom stereocenters. The van der Waals surface area contributed by atoms with Gasteiger partial charge in [0.05, 0.1) is 18.5 Å². The number of unbranched alkanes of at least 4 members (excludes halogenated alkanes) is 1. The molecule has 176 valence electrons. The van der Waals surface area contributed by atoms with Crippen molar-refractivity contribution in [2.24, 2.45) is 5.92 Å². The standard InChI is InChI=1S/C26H38N2O3S/c1-6-8-9-21(7-2)18-27-26(29)24-12-10-22(11-13-24)19-28(32(5,30)31)25-16-14-23(15-17-25)20(3)4/h10-17,20-21H,6-9,18-19H2,1-5H3,(H,27,29)/t21-/m0/s1. The zero-order valence-electron chi connectivity index (χ0n) is 20.1. The summed E-state index contributed by atoms with van der Waals surface area (Å²) in [6.45, 7) is 9.45. The van der Waals surface area contributed by atoms with Crippen LogP contribution in [0, 0.1) is 5.92 Å². The van der Waals surface area contributed by atoms with Crippen molar-refractivity contribution in [3.63, 3.8) is 0 Å². The Hall–Kier alpha value is -2.34. The van der Waals surface area contributed by atoms with E-state index in [4.69, 9.17) is 0 Å². The molecule has 0 saturated carbocycles. The first-order valence-electron chi connectivity index (χ1n) is 11.6. The average Bonchev–Trinajstić information content (AvgIpc) is 2.77. The van der Waals surface area contributed by atoms with E-state index < -0.39 is 10.0 Å². The third kappa shape index (κ3) is 7.66. The van der Waals surface area contributed by atoms with Crippen molar-refractivity contribution in [2.45, 2.75) is 65.8 Å². The number of benzene rings is 2. The van der Waals surface area contributed by atoms with Crippen LogP contribution >= 0.6 is 0 Å². The maximum absolute atomic E-state index is 12.5. The molecule has 0 saturated heterocycles. The molecular weight excluding hydrogens is 420 g/mol. The number of nitrogens with one attached hydrogen (secondary N) is 1. The zero-order valence-corrected chi connectivity index (χ0v) is 20.9. The first-order chi connectivity index (χ1) is 15.2. The number of hydrogen-bond acceptors (Lipinski definition) is 3. The van der Waals surface area contributed by atoms with Crippen LogP contribution in [0.3, 0.4) is 0 Å². The minimum atomic E-state index is -3.45. The Morgan fingerprint density at radius 2 is 1.62 bits per heavy atom. The number of hydrogen-bond donors (Lipinski definition) is 1. The van der Waals surface area contributed by atoms with Gasteiger partial charge < -0.3 is 5.32 Å². The lowest BCUT2D eigenvalue weighted by molar-refractivity contribution is 0.0946. The van der Waals surface area contributed by atoms with E-state index in [0.717, 1.165) is 30.4 Å². The lowest BCUT2D eigenvalue weighted by Gasteiger charge is -2.23. The number of anilines is 1. The Bertz CT molecular complexity index is 952. The summed E-state index contributed by atoms with van der Waals surface area (Å²) in [6.07, 6.45) is 5.75. The molecule has 2 rings (SSSR count). The Morgan fingerprint density at radius 3 is 2.12 bits per heavy atom. The predicted octanol–water partition coefficient (Wildman–Crippen LogP) is 5.72. The number of amides is 1. The van der Waals surface area contributed by atoms with Crippen LogP contribution in [0.5, 0.6) is 0 Å². The molecule has 0 heterocycles. The first-order valence-corrected chi connectivity index (χ1v) is 13.4. The van der Waals surface area contributed by atoms with Gasteiger partial charge in [0.1, 0.15) is 0 Å². The predicted molar refractivity (Wildman–Crippen MR) is 134 cm³/mol. The number of nitrogens with zero attached hydrogens (tertiary/aromatic N) is 1. The summed E-state index contributed by atoms with van der Waals surface area (Å²) in [5.74, 6) is 0.799. The molecule has 0 unspecified atom stereocenters. The van der Waals surface area contributed by atoms with Crippen LogP contribution in [-0.4, -0.2) is 27.1 Å². The van der Waals surface area contributed by atoms with Crippen LogP contribution in [0.25, 0.3) is 0 Å². The van der Waals surface area contributed by atoms with Gasteiger partial charge in [-0.1, -0.05) is 71.2 Å². The topological polar surface area (TPSA) is 66.5 Å². The fourth-order valence-electron chi connectivity index (χ4n) is 3.64. The molecule has 0 aliphatic heterocycles. The average molecular weight is 459 g/mol. The van der Waals surface area contributed by atoms with E-state index in [0.29, 0.717) is 29.6 Å². The van der Waals surface area contributed by atoms with Gasteiger partial charge in [0.25, 0.3) is 5.91 Å². The molecule has 5 nitrogen and oxygen atoms in total. The van der Waals surface area contributed by atoms with Crippen molar-refractivity contribution in [3.05, 3.63) is 65.2 Å². The highest BCUT2D eigenvalue weighted by Crippen LogP contribution is 2.24. The largest absolute Gasteiger partial charge is 0.352 e. The van der Waals surface area contributed by atoms with Crippen molar-refractivity contribution < 1.29 is 13.2 Å². The van der Waals surface area contributed by atoms with Crippen molar-refractivity contribution >= 4 is 21.6 Å². The number of sulfonamides is 1. The van der Waals surface area contributed by atoms with E-state index in [1.807, 2.05) is 36.4 Å². The minimum Gasteiger partial charge on any atom is -0.352 e. The fourth-order valence-corrected chi connectivity index (χ4v) is 4.52. The summed E-state index contributed by atoms with van der Waals surface area (Å²) < 4.78 is 26.3. The second kappa shape index (κ2) is 12.0. The second-order valence-corrected chi connectivity index (χ2v) is 10.7. The summed E-state index contributed by atoms with van der Waals surface area (Å²) >= 11 is 0. The molecule has 0 radical (unpaired) electrons. The molecule has 32 heavy (non-hydrogen) atoms. The van der Waals surface area contributed by atoms with Crippen molar-refractivity contribution in [1.82, 2.24) is 5.32 Å². The second-order valence-electron chi connectivity index (χ2n) is 8.84. The lowest BCUT2D eigenvalue weighted by atomic mass is 9.99. The Balaban J connectivity index is 2.07. The molecule has 0 aromatic heterocycles. The van der Waals surface area contributed by atoms with Gasteiger partial charge in [-0.15, -0.1) is 0 Å². The number of carbonyl (C=O) groups excluding carboxylic acids is 1. The number of rotatable bonds is 12. The molecule has 2 aromatic rings. The molecule has 1 amide bonds. The van der Waals surface area contributed by atoms with E-state index in [9.17, 15) is 13.2 Å². The van der Waals surface area contributed by atoms with Gasteiger partial charge in [0.2, 0.25) is 10.0 Å². The van der Waals surface area contributed by atoms with Gasteiger partial charge >= 0.3 is 0 Å². The molecule has 0 aliphatic carbocycles. The van der Waals surface area contributed by atoms with Crippen LogP contribution in [-0.2, 0) is 16.6 Å². The SMILES string of the molecule is CCCC[C@H](CC)CNC(=O)c1ccc(CN(c2ccc(C(C)C)cc2)S(C)(=O)=O)cc1. The summed E-state index contributed by atoms with van der Waals surface area (Å²) in [4.78, 5) is 12.5. The highest BCUT2D eigenvalue weighted by molar-refractivity contribution is 7.92. The molecule has 0 aliphatic rings. The van der Waals surface area contributed by atoms with Crippen molar-refractivity contribution in [2.75, 3.05) is 17.1 Å². The van der Waals surface area contributed by atoms with E-state index >= 15 is 0 Å². The molecule has 6 heteroatoms. The summed E-state index contributed by atoms with van der Waals surface area (Å²) in [5, 5.41) is 3.04. The minimum absolute atomic E-state index is 0.0873. The third-order valence-electron chi connectivity index (χ3n) is 5.88. The molecule has 0 spiro atoms. The molecule has 2 aromatic carbocycles. The van der Waals surface area contributed by atoms with E-state index in [2.05, 4.69) is 33.0 Å². The smallest absolute Gasteiger partial charge is 0.251 e. The van der Waals surface area contributed by atoms with Gasteiger partial charge in [-0.05, 0) is 53.6 Å². The van der Waals surface area contributed by atoms with Crippen molar-refractivity contribution in [1.29, 1.82) is 0 Å². The van der Waals surface area contributed by atoms with Gasteiger partial charge in [-0.3, -0.25) is 9.10 Å².